The van der Waals surface area contributed by atoms with Gasteiger partial charge in [0.1, 0.15) is 73.2 Å². The van der Waals surface area contributed by atoms with Crippen LogP contribution in [-0.4, -0.2) is 193 Å². The summed E-state index contributed by atoms with van der Waals surface area (Å²) in [5.74, 6) is -0.264. The maximum absolute atomic E-state index is 13.2. The molecule has 74 heavy (non-hydrogen) atoms. The van der Waals surface area contributed by atoms with Crippen LogP contribution < -0.4 is 5.32 Å². The van der Waals surface area contributed by atoms with Gasteiger partial charge in [-0.1, -0.05) is 145 Å². The van der Waals surface area contributed by atoms with Gasteiger partial charge in [0.05, 0.1) is 38.6 Å². The fourth-order valence-electron chi connectivity index (χ4n) is 9.04. The van der Waals surface area contributed by atoms with Crippen molar-refractivity contribution < 1.29 is 89.4 Å². The molecule has 428 valence electrons. The van der Waals surface area contributed by atoms with E-state index in [1.807, 2.05) is 0 Å². The Bertz CT molecular complexity index is 1590. The molecule has 0 bridgehead atoms. The van der Waals surface area contributed by atoms with Gasteiger partial charge in [0, 0.05) is 6.42 Å². The van der Waals surface area contributed by atoms with Crippen molar-refractivity contribution in [2.24, 2.45) is 0 Å². The topological polar surface area (TPSA) is 307 Å². The first-order chi connectivity index (χ1) is 35.8. The molecule has 1 amide bonds. The van der Waals surface area contributed by atoms with E-state index in [9.17, 15) is 61.0 Å². The molecular weight excluding hydrogens is 963 g/mol. The van der Waals surface area contributed by atoms with Crippen LogP contribution in [0, 0.1) is 0 Å². The number of hydrogen-bond donors (Lipinski definition) is 12. The molecule has 3 aliphatic heterocycles. The molecule has 3 rings (SSSR count). The largest absolute Gasteiger partial charge is 0.394 e. The van der Waals surface area contributed by atoms with Gasteiger partial charge in [0.25, 0.3) is 0 Å². The first kappa shape index (κ1) is 65.8. The average molecular weight is 1060 g/mol. The number of rotatable bonds is 38. The Morgan fingerprint density at radius 3 is 1.46 bits per heavy atom. The predicted octanol–water partition coefficient (Wildman–Crippen LogP) is 3.31. The van der Waals surface area contributed by atoms with Crippen molar-refractivity contribution in [3.8, 4) is 0 Å². The van der Waals surface area contributed by atoms with E-state index in [1.54, 1.807) is 0 Å². The van der Waals surface area contributed by atoms with Gasteiger partial charge in [-0.3, -0.25) is 4.79 Å². The van der Waals surface area contributed by atoms with Crippen LogP contribution in [-0.2, 0) is 33.2 Å². The molecule has 0 aromatic heterocycles. The number of aliphatic hydroxyl groups excluding tert-OH is 11. The van der Waals surface area contributed by atoms with Crippen molar-refractivity contribution in [1.82, 2.24) is 5.32 Å². The summed E-state index contributed by atoms with van der Waals surface area (Å²) in [6.07, 6.45) is 15.1. The molecule has 19 heteroatoms. The van der Waals surface area contributed by atoms with E-state index in [0.29, 0.717) is 19.3 Å². The first-order valence-corrected chi connectivity index (χ1v) is 27.5. The highest BCUT2D eigenvalue weighted by Gasteiger charge is 2.53. The predicted molar refractivity (Wildman–Crippen MR) is 277 cm³/mol. The molecule has 17 unspecified atom stereocenters. The second kappa shape index (κ2) is 38.9. The van der Waals surface area contributed by atoms with Gasteiger partial charge >= 0.3 is 0 Å². The standard InChI is InChI=1S/C55H95NO18/c1-3-5-7-9-11-12-13-14-15-16-17-18-19-20-21-22-23-24-25-26-27-29-31-33-43(61)56-38(39(60)32-30-28-10-8-6-4-2)37-69-53-49(67)46(64)51(41(35-58)71-53)74-55-50(68)47(65)52(42(36-59)72-55)73-54-48(66)45(63)44(62)40(34-57)70-54/h5,7,11-12,14-15,17-18,20-21,38-42,44-55,57-60,62-68H,3-4,6,8-10,13,16,19,22-37H2,1-2H3,(H,56,61)/b7-5-,12-11-,15-14-,18-17-,21-20-. The lowest BCUT2D eigenvalue weighted by atomic mass is 9.96. The summed E-state index contributed by atoms with van der Waals surface area (Å²) in [4.78, 5) is 13.2. The second-order valence-corrected chi connectivity index (χ2v) is 19.7. The summed E-state index contributed by atoms with van der Waals surface area (Å²) >= 11 is 0. The minimum Gasteiger partial charge on any atom is -0.394 e. The minimum absolute atomic E-state index is 0.249. The number of hydrogen-bond acceptors (Lipinski definition) is 18. The molecule has 0 aromatic carbocycles. The fraction of sp³-hybridized carbons (Fsp3) is 0.800. The van der Waals surface area contributed by atoms with E-state index in [1.165, 1.54) is 0 Å². The Balaban J connectivity index is 1.44. The van der Waals surface area contributed by atoms with Crippen LogP contribution in [0.25, 0.3) is 0 Å². The Labute approximate surface area is 439 Å². The molecule has 3 fully saturated rings. The molecule has 0 spiro atoms. The third-order valence-corrected chi connectivity index (χ3v) is 13.6. The van der Waals surface area contributed by atoms with Gasteiger partial charge in [0.15, 0.2) is 18.9 Å². The number of unbranched alkanes of at least 4 members (excludes halogenated alkanes) is 12. The van der Waals surface area contributed by atoms with Crippen LogP contribution in [0.5, 0.6) is 0 Å². The molecule has 0 aliphatic carbocycles. The Morgan fingerprint density at radius 1 is 0.500 bits per heavy atom. The molecule has 0 saturated carbocycles. The van der Waals surface area contributed by atoms with Crippen molar-refractivity contribution in [1.29, 1.82) is 0 Å². The van der Waals surface area contributed by atoms with Gasteiger partial charge in [-0.25, -0.2) is 0 Å². The van der Waals surface area contributed by atoms with Gasteiger partial charge < -0.3 is 89.9 Å². The monoisotopic (exact) mass is 1060 g/mol. The van der Waals surface area contributed by atoms with Crippen LogP contribution >= 0.6 is 0 Å². The zero-order chi connectivity index (χ0) is 54.1. The summed E-state index contributed by atoms with van der Waals surface area (Å²) in [6.45, 7) is 1.55. The average Bonchev–Trinajstić information content (AvgIpc) is 3.40. The third kappa shape index (κ3) is 23.6. The van der Waals surface area contributed by atoms with Gasteiger partial charge in [-0.2, -0.15) is 0 Å². The highest BCUT2D eigenvalue weighted by molar-refractivity contribution is 5.76. The number of carbonyl (C=O) groups excluding carboxylic acids is 1. The van der Waals surface area contributed by atoms with Gasteiger partial charge in [0.2, 0.25) is 5.91 Å². The highest BCUT2D eigenvalue weighted by Crippen LogP contribution is 2.33. The van der Waals surface area contributed by atoms with E-state index in [2.05, 4.69) is 79.9 Å². The molecule has 0 aromatic rings. The number of nitrogens with one attached hydrogen (secondary N) is 1. The van der Waals surface area contributed by atoms with E-state index in [4.69, 9.17) is 28.4 Å². The number of aliphatic hydroxyl groups is 11. The molecule has 19 nitrogen and oxygen atoms in total. The summed E-state index contributed by atoms with van der Waals surface area (Å²) in [5, 5.41) is 120. The van der Waals surface area contributed by atoms with Crippen LogP contribution in [0.4, 0.5) is 0 Å². The molecule has 3 heterocycles. The smallest absolute Gasteiger partial charge is 0.220 e. The van der Waals surface area contributed by atoms with Crippen LogP contribution in [0.3, 0.4) is 0 Å². The third-order valence-electron chi connectivity index (χ3n) is 13.6. The Morgan fingerprint density at radius 2 is 0.932 bits per heavy atom. The van der Waals surface area contributed by atoms with Crippen molar-refractivity contribution in [2.45, 2.75) is 253 Å². The zero-order valence-corrected chi connectivity index (χ0v) is 44.0. The normalized spacial score (nSPS) is 31.9. The quantitative estimate of drug-likeness (QED) is 0.0312. The molecule has 12 N–H and O–H groups in total. The van der Waals surface area contributed by atoms with Gasteiger partial charge in [-0.05, 0) is 57.8 Å². The van der Waals surface area contributed by atoms with Crippen LogP contribution in [0.1, 0.15) is 149 Å². The number of carbonyl (C=O) groups is 1. The molecule has 17 atom stereocenters. The first-order valence-electron chi connectivity index (χ1n) is 27.5. The van der Waals surface area contributed by atoms with Crippen molar-refractivity contribution in [3.63, 3.8) is 0 Å². The second-order valence-electron chi connectivity index (χ2n) is 19.7. The van der Waals surface area contributed by atoms with Crippen LogP contribution in [0.15, 0.2) is 60.8 Å². The lowest BCUT2D eigenvalue weighted by molar-refractivity contribution is -0.379. The maximum Gasteiger partial charge on any atom is 0.220 e. The summed E-state index contributed by atoms with van der Waals surface area (Å²) in [7, 11) is 0. The molecular formula is C55H95NO18. The van der Waals surface area contributed by atoms with Crippen molar-refractivity contribution in [2.75, 3.05) is 26.4 Å². The Kier molecular flexibility index (Phi) is 34.6. The highest BCUT2D eigenvalue weighted by atomic mass is 16.8. The lowest BCUT2D eigenvalue weighted by Gasteiger charge is -2.48. The van der Waals surface area contributed by atoms with Gasteiger partial charge in [-0.15, -0.1) is 0 Å². The van der Waals surface area contributed by atoms with Crippen LogP contribution in [0.2, 0.25) is 0 Å². The van der Waals surface area contributed by atoms with Crippen molar-refractivity contribution >= 4 is 5.91 Å². The van der Waals surface area contributed by atoms with E-state index < -0.39 is 124 Å². The summed E-state index contributed by atoms with van der Waals surface area (Å²) in [6, 6.07) is -0.892. The summed E-state index contributed by atoms with van der Waals surface area (Å²) < 4.78 is 34.1. The number of allylic oxidation sites excluding steroid dienone is 10. The molecule has 3 aliphatic rings. The minimum atomic E-state index is -1.97. The van der Waals surface area contributed by atoms with Crippen molar-refractivity contribution in [3.05, 3.63) is 60.8 Å². The lowest BCUT2D eigenvalue weighted by Crippen LogP contribution is -2.66. The SMILES string of the molecule is CC/C=C\C/C=C\C/C=C\C/C=C\C/C=C\CCCCCCCCCC(=O)NC(COC1OC(CO)C(OC2OC(CO)C(OC3OC(CO)C(O)C(O)C3O)C(O)C2O)C(O)C1O)C(O)CCCCCCCC. The Hall–Kier alpha value is -2.51. The number of ether oxygens (including phenoxy) is 6. The fourth-order valence-corrected chi connectivity index (χ4v) is 9.04. The zero-order valence-electron chi connectivity index (χ0n) is 44.0. The molecule has 0 radical (unpaired) electrons. The summed E-state index contributed by atoms with van der Waals surface area (Å²) in [5.41, 5.74) is 0. The van der Waals surface area contributed by atoms with E-state index in [-0.39, 0.29) is 18.9 Å². The van der Waals surface area contributed by atoms with E-state index >= 15 is 0 Å². The number of amides is 1. The maximum atomic E-state index is 13.2. The van der Waals surface area contributed by atoms with E-state index in [0.717, 1.165) is 109 Å². The molecule has 3 saturated heterocycles.